The minimum Gasteiger partial charge on any atom is -0.480 e. The molecule has 0 saturated carbocycles. The average Bonchev–Trinajstić information content (AvgIpc) is 3.52. The molecule has 3 aromatic carbocycles. The van der Waals surface area contributed by atoms with E-state index >= 15 is 0 Å². The Morgan fingerprint density at radius 1 is 0.650 bits per heavy atom. The van der Waals surface area contributed by atoms with Crippen molar-refractivity contribution < 1.29 is 18.9 Å². The molecule has 2 unspecified atom stereocenters. The molecule has 3 aromatic rings. The Bertz CT molecular complexity index is 2450. The lowest BCUT2D eigenvalue weighted by Gasteiger charge is -2.47. The fourth-order valence-corrected chi connectivity index (χ4v) is 11.3. The molecule has 1 spiro atoms. The highest BCUT2D eigenvalue weighted by Gasteiger charge is 2.60. The van der Waals surface area contributed by atoms with Crippen molar-refractivity contribution in [2.24, 2.45) is 0 Å². The maximum atomic E-state index is 10.7. The summed E-state index contributed by atoms with van der Waals surface area (Å²) in [5.41, 5.74) is 7.54. The predicted molar refractivity (Wildman–Crippen MR) is 238 cm³/mol. The summed E-state index contributed by atoms with van der Waals surface area (Å²) in [6.07, 6.45) is 10.1. The SMILES string of the molecule is C=CCN(CC=C)Cc1c2c(cc3c1C1(CC3(C)C)CC(C)(C)c3cc4c(c(CN(CC=C)CC=C)c31)OC(C)(C)C(C)(C)O4)Oc1c(C#N)c3c(c(C#N)c1O2)CC3C. The van der Waals surface area contributed by atoms with Crippen LogP contribution in [0.15, 0.2) is 62.8 Å². The van der Waals surface area contributed by atoms with Crippen molar-refractivity contribution in [2.45, 2.75) is 128 Å². The molecule has 8 heteroatoms. The summed E-state index contributed by atoms with van der Waals surface area (Å²) in [6, 6.07) is 9.32. The Balaban J connectivity index is 1.46. The third-order valence-electron chi connectivity index (χ3n) is 14.3. The van der Waals surface area contributed by atoms with Crippen molar-refractivity contribution in [3.05, 3.63) is 118 Å². The average molecular weight is 805 g/mol. The second-order valence-electron chi connectivity index (χ2n) is 20.0. The molecule has 2 heterocycles. The molecule has 0 fully saturated rings. The molecule has 5 aliphatic rings. The molecule has 2 aliphatic heterocycles. The van der Waals surface area contributed by atoms with Gasteiger partial charge in [-0.1, -0.05) is 58.9 Å². The summed E-state index contributed by atoms with van der Waals surface area (Å²) in [4.78, 5) is 4.67. The van der Waals surface area contributed by atoms with Crippen LogP contribution in [0.1, 0.15) is 137 Å². The summed E-state index contributed by atoms with van der Waals surface area (Å²) >= 11 is 0. The zero-order valence-corrected chi connectivity index (χ0v) is 37.2. The Kier molecular flexibility index (Phi) is 9.78. The van der Waals surface area contributed by atoms with Crippen LogP contribution in [0.3, 0.4) is 0 Å². The van der Waals surface area contributed by atoms with Crippen LogP contribution in [0.25, 0.3) is 0 Å². The molecular formula is C52H60N4O4. The summed E-state index contributed by atoms with van der Waals surface area (Å²) in [5.74, 6) is 3.56. The van der Waals surface area contributed by atoms with E-state index in [1.54, 1.807) is 0 Å². The lowest BCUT2D eigenvalue weighted by molar-refractivity contribution is -0.100. The molecule has 0 saturated heterocycles. The number of benzene rings is 3. The minimum atomic E-state index is -0.628. The quantitative estimate of drug-likeness (QED) is 0.131. The number of hydrogen-bond acceptors (Lipinski definition) is 8. The molecular weight excluding hydrogens is 745 g/mol. The van der Waals surface area contributed by atoms with Crippen LogP contribution in [0.2, 0.25) is 0 Å². The smallest absolute Gasteiger partial charge is 0.189 e. The molecule has 0 aromatic heterocycles. The summed E-state index contributed by atoms with van der Waals surface area (Å²) in [5, 5.41) is 21.2. The fourth-order valence-electron chi connectivity index (χ4n) is 11.3. The normalized spacial score (nSPS) is 22.1. The van der Waals surface area contributed by atoms with Gasteiger partial charge in [0.15, 0.2) is 34.5 Å². The second-order valence-corrected chi connectivity index (χ2v) is 20.0. The Morgan fingerprint density at radius 2 is 1.12 bits per heavy atom. The molecule has 8 nitrogen and oxygen atoms in total. The summed E-state index contributed by atoms with van der Waals surface area (Å²) in [6.45, 7) is 40.1. The van der Waals surface area contributed by atoms with E-state index in [4.69, 9.17) is 18.9 Å². The van der Waals surface area contributed by atoms with Crippen molar-refractivity contribution >= 4 is 0 Å². The molecule has 3 aliphatic carbocycles. The van der Waals surface area contributed by atoms with Gasteiger partial charge in [-0.05, 0) is 109 Å². The number of rotatable bonds is 12. The topological polar surface area (TPSA) is 91.0 Å². The Morgan fingerprint density at radius 3 is 1.60 bits per heavy atom. The molecule has 0 radical (unpaired) electrons. The van der Waals surface area contributed by atoms with Gasteiger partial charge >= 0.3 is 0 Å². The van der Waals surface area contributed by atoms with E-state index in [1.807, 2.05) is 24.3 Å². The third-order valence-corrected chi connectivity index (χ3v) is 14.3. The zero-order valence-electron chi connectivity index (χ0n) is 37.2. The highest BCUT2D eigenvalue weighted by molar-refractivity contribution is 5.77. The molecule has 312 valence electrons. The van der Waals surface area contributed by atoms with Crippen molar-refractivity contribution in [3.63, 3.8) is 0 Å². The second kappa shape index (κ2) is 14.2. The van der Waals surface area contributed by atoms with E-state index in [-0.39, 0.29) is 16.7 Å². The first-order valence-corrected chi connectivity index (χ1v) is 21.4. The van der Waals surface area contributed by atoms with Crippen LogP contribution in [-0.4, -0.2) is 47.2 Å². The monoisotopic (exact) mass is 804 g/mol. The van der Waals surface area contributed by atoms with Gasteiger partial charge in [0.1, 0.15) is 34.5 Å². The van der Waals surface area contributed by atoms with Gasteiger partial charge in [-0.15, -0.1) is 26.3 Å². The fraction of sp³-hybridized carbons (Fsp3) is 0.462. The van der Waals surface area contributed by atoms with Gasteiger partial charge in [0, 0.05) is 55.8 Å². The van der Waals surface area contributed by atoms with Gasteiger partial charge < -0.3 is 18.9 Å². The van der Waals surface area contributed by atoms with Crippen LogP contribution in [0.4, 0.5) is 0 Å². The Hall–Kier alpha value is -5.28. The van der Waals surface area contributed by atoms with E-state index in [2.05, 4.69) is 123 Å². The minimum absolute atomic E-state index is 0.156. The first kappa shape index (κ1) is 41.5. The van der Waals surface area contributed by atoms with E-state index in [0.717, 1.165) is 46.6 Å². The lowest BCUT2D eigenvalue weighted by Crippen LogP contribution is -2.56. The molecule has 0 N–H and O–H groups in total. The first-order chi connectivity index (χ1) is 28.3. The summed E-state index contributed by atoms with van der Waals surface area (Å²) < 4.78 is 28.2. The van der Waals surface area contributed by atoms with Crippen molar-refractivity contribution in [2.75, 3.05) is 26.2 Å². The number of nitrogens with zero attached hydrogens (tertiary/aromatic N) is 4. The predicted octanol–water partition coefficient (Wildman–Crippen LogP) is 11.3. The highest BCUT2D eigenvalue weighted by Crippen LogP contribution is 2.69. The van der Waals surface area contributed by atoms with E-state index in [9.17, 15) is 10.5 Å². The maximum Gasteiger partial charge on any atom is 0.189 e. The molecule has 0 amide bonds. The molecule has 60 heavy (non-hydrogen) atoms. The number of fused-ring (bicyclic) bond motifs is 8. The van der Waals surface area contributed by atoms with Gasteiger partial charge in [0.05, 0.1) is 0 Å². The maximum absolute atomic E-state index is 10.7. The van der Waals surface area contributed by atoms with Crippen LogP contribution in [-0.2, 0) is 35.8 Å². The lowest BCUT2D eigenvalue weighted by atomic mass is 9.70. The van der Waals surface area contributed by atoms with E-state index in [0.29, 0.717) is 79.8 Å². The van der Waals surface area contributed by atoms with E-state index < -0.39 is 16.6 Å². The largest absolute Gasteiger partial charge is 0.480 e. The van der Waals surface area contributed by atoms with Crippen LogP contribution < -0.4 is 18.9 Å². The third kappa shape index (κ3) is 5.97. The van der Waals surface area contributed by atoms with Gasteiger partial charge in [-0.25, -0.2) is 0 Å². The van der Waals surface area contributed by atoms with Crippen LogP contribution >= 0.6 is 0 Å². The molecule has 0 bridgehead atoms. The van der Waals surface area contributed by atoms with Crippen LogP contribution in [0.5, 0.6) is 34.5 Å². The Labute approximate surface area is 357 Å². The van der Waals surface area contributed by atoms with Crippen molar-refractivity contribution in [1.29, 1.82) is 10.5 Å². The number of nitriles is 2. The van der Waals surface area contributed by atoms with Gasteiger partial charge in [-0.3, -0.25) is 9.80 Å². The van der Waals surface area contributed by atoms with Gasteiger partial charge in [-0.2, -0.15) is 10.5 Å². The van der Waals surface area contributed by atoms with E-state index in [1.165, 1.54) is 22.3 Å². The number of hydrogen-bond donors (Lipinski definition) is 0. The van der Waals surface area contributed by atoms with Crippen molar-refractivity contribution in [3.8, 4) is 46.6 Å². The van der Waals surface area contributed by atoms with Crippen LogP contribution in [0, 0.1) is 22.7 Å². The first-order valence-electron chi connectivity index (χ1n) is 21.4. The van der Waals surface area contributed by atoms with Gasteiger partial charge in [0.25, 0.3) is 0 Å². The zero-order chi connectivity index (χ0) is 43.3. The molecule has 8 rings (SSSR count). The number of ether oxygens (including phenoxy) is 4. The molecule has 2 atom stereocenters. The summed E-state index contributed by atoms with van der Waals surface area (Å²) in [7, 11) is 0. The standard InChI is InChI=1S/C52H60N4O4/c1-14-18-55(19-15-2)27-35-42-37(23-39-44(35)58-46-33(25-53)32-22-31(5)41(32)34(26-54)47(46)57-39)48(6,7)29-52(42)30-49(8,9)38-24-40-45(60-51(12,13)50(10,11)59-40)36(43(38)52)28-56(20-16-3)21-17-4/h14-17,23-24,31H,1-4,18-22,27-30H2,5-13H3. The highest BCUT2D eigenvalue weighted by atomic mass is 16.6. The van der Waals surface area contributed by atoms with Crippen molar-refractivity contribution in [1.82, 2.24) is 9.80 Å². The van der Waals surface area contributed by atoms with Gasteiger partial charge in [0.2, 0.25) is 0 Å².